The van der Waals surface area contributed by atoms with E-state index < -0.39 is 11.9 Å². The molecule has 0 saturated heterocycles. The van der Waals surface area contributed by atoms with Crippen LogP contribution in [0.15, 0.2) is 41.0 Å². The molecule has 1 aromatic heterocycles. The van der Waals surface area contributed by atoms with Crippen molar-refractivity contribution in [2.75, 3.05) is 25.2 Å². The van der Waals surface area contributed by atoms with E-state index >= 15 is 0 Å². The van der Waals surface area contributed by atoms with Crippen molar-refractivity contribution in [1.29, 1.82) is 0 Å². The van der Waals surface area contributed by atoms with Crippen molar-refractivity contribution in [2.45, 2.75) is 25.4 Å². The number of hydrogen-bond donors (Lipinski definition) is 2. The quantitative estimate of drug-likeness (QED) is 0.703. The van der Waals surface area contributed by atoms with E-state index in [9.17, 15) is 9.59 Å². The van der Waals surface area contributed by atoms with Gasteiger partial charge in [0.25, 0.3) is 5.91 Å². The Balaban J connectivity index is 1.65. The van der Waals surface area contributed by atoms with Crippen LogP contribution in [-0.4, -0.2) is 43.1 Å². The topological polar surface area (TPSA) is 89.8 Å². The Morgan fingerprint density at radius 3 is 2.64 bits per heavy atom. The highest BCUT2D eigenvalue weighted by Gasteiger charge is 2.24. The van der Waals surface area contributed by atoms with Crippen LogP contribution in [0.1, 0.15) is 35.5 Å². The number of rotatable bonds is 8. The number of amides is 2. The summed E-state index contributed by atoms with van der Waals surface area (Å²) in [7, 11) is 0. The molecule has 0 fully saturated rings. The molecule has 2 N–H and O–H groups in total. The highest BCUT2D eigenvalue weighted by atomic mass is 32.2. The average molecular weight is 404 g/mol. The van der Waals surface area contributed by atoms with Crippen LogP contribution in [0, 0.1) is 0 Å². The molecule has 2 unspecified atom stereocenters. The fraction of sp³-hybridized carbons (Fsp3) is 0.400. The van der Waals surface area contributed by atoms with Gasteiger partial charge in [-0.1, -0.05) is 6.07 Å². The lowest BCUT2D eigenvalue weighted by Gasteiger charge is -2.23. The fourth-order valence-electron chi connectivity index (χ4n) is 2.87. The largest absolute Gasteiger partial charge is 0.486 e. The van der Waals surface area contributed by atoms with Crippen molar-refractivity contribution in [3.05, 3.63) is 47.9 Å². The number of carbonyl (C=O) groups is 2. The number of ether oxygens (including phenoxy) is 2. The van der Waals surface area contributed by atoms with Gasteiger partial charge in [0.2, 0.25) is 5.91 Å². The monoisotopic (exact) mass is 404 g/mol. The Morgan fingerprint density at radius 1 is 1.14 bits per heavy atom. The third kappa shape index (κ3) is 5.01. The molecule has 1 aliphatic rings. The summed E-state index contributed by atoms with van der Waals surface area (Å²) in [4.78, 5) is 25.1. The summed E-state index contributed by atoms with van der Waals surface area (Å²) in [5.74, 6) is 1.66. The summed E-state index contributed by atoms with van der Waals surface area (Å²) >= 11 is 1.62. The van der Waals surface area contributed by atoms with Crippen molar-refractivity contribution in [3.8, 4) is 11.5 Å². The number of thioether (sulfide) groups is 1. The predicted octanol–water partition coefficient (Wildman–Crippen LogP) is 2.78. The average Bonchev–Trinajstić information content (AvgIpc) is 3.25. The first-order valence-corrected chi connectivity index (χ1v) is 10.5. The first-order valence-electron chi connectivity index (χ1n) is 9.11. The second kappa shape index (κ2) is 9.54. The van der Waals surface area contributed by atoms with E-state index in [0.717, 1.165) is 11.3 Å². The first kappa shape index (κ1) is 20.1. The maximum absolute atomic E-state index is 12.8. The highest BCUT2D eigenvalue weighted by Crippen LogP contribution is 2.32. The van der Waals surface area contributed by atoms with Gasteiger partial charge < -0.3 is 24.5 Å². The third-order valence-corrected chi connectivity index (χ3v) is 5.05. The third-order valence-electron chi connectivity index (χ3n) is 4.40. The molecule has 0 bridgehead atoms. The van der Waals surface area contributed by atoms with Crippen LogP contribution in [0.3, 0.4) is 0 Å². The van der Waals surface area contributed by atoms with Gasteiger partial charge in [-0.05, 0) is 55.2 Å². The fourth-order valence-corrected chi connectivity index (χ4v) is 3.34. The molecule has 0 spiro atoms. The molecule has 150 valence electrons. The van der Waals surface area contributed by atoms with Crippen LogP contribution >= 0.6 is 11.8 Å². The first-order chi connectivity index (χ1) is 13.6. The molecular formula is C20H24N2O5S. The molecule has 2 atom stereocenters. The van der Waals surface area contributed by atoms with E-state index in [1.165, 1.54) is 6.26 Å². The SMILES string of the molecule is CSCCC(NC(=O)c1ccco1)C(=O)NC(C)c1ccc2c(c1)OCCO2. The van der Waals surface area contributed by atoms with Gasteiger partial charge in [-0.25, -0.2) is 0 Å². The van der Waals surface area contributed by atoms with Gasteiger partial charge in [0.15, 0.2) is 17.3 Å². The smallest absolute Gasteiger partial charge is 0.287 e. The van der Waals surface area contributed by atoms with E-state index in [4.69, 9.17) is 13.9 Å². The second-order valence-corrected chi connectivity index (χ2v) is 7.40. The number of hydrogen-bond acceptors (Lipinski definition) is 6. The lowest BCUT2D eigenvalue weighted by Crippen LogP contribution is -2.47. The van der Waals surface area contributed by atoms with Gasteiger partial charge in [0.05, 0.1) is 12.3 Å². The number of fused-ring (bicyclic) bond motifs is 1. The highest BCUT2D eigenvalue weighted by molar-refractivity contribution is 7.98. The lowest BCUT2D eigenvalue weighted by molar-refractivity contribution is -0.123. The number of carbonyl (C=O) groups excluding carboxylic acids is 2. The van der Waals surface area contributed by atoms with Gasteiger partial charge >= 0.3 is 0 Å². The van der Waals surface area contributed by atoms with Gasteiger partial charge in [0, 0.05) is 0 Å². The predicted molar refractivity (Wildman–Crippen MR) is 107 cm³/mol. The molecule has 28 heavy (non-hydrogen) atoms. The maximum Gasteiger partial charge on any atom is 0.287 e. The van der Waals surface area contributed by atoms with Crippen molar-refractivity contribution in [3.63, 3.8) is 0 Å². The van der Waals surface area contributed by atoms with Crippen LogP contribution in [0.4, 0.5) is 0 Å². The molecule has 0 saturated carbocycles. The van der Waals surface area contributed by atoms with E-state index in [0.29, 0.717) is 31.1 Å². The molecule has 1 aliphatic heterocycles. The van der Waals surface area contributed by atoms with E-state index in [1.807, 2.05) is 31.4 Å². The minimum absolute atomic E-state index is 0.182. The van der Waals surface area contributed by atoms with E-state index in [-0.39, 0.29) is 17.7 Å². The van der Waals surface area contributed by atoms with Crippen molar-refractivity contribution < 1.29 is 23.5 Å². The van der Waals surface area contributed by atoms with Crippen LogP contribution in [0.25, 0.3) is 0 Å². The van der Waals surface area contributed by atoms with Crippen LogP contribution in [-0.2, 0) is 4.79 Å². The number of furan rings is 1. The molecule has 0 radical (unpaired) electrons. The molecular weight excluding hydrogens is 380 g/mol. The van der Waals surface area contributed by atoms with Gasteiger partial charge in [-0.15, -0.1) is 0 Å². The zero-order chi connectivity index (χ0) is 19.9. The van der Waals surface area contributed by atoms with Gasteiger partial charge in [-0.2, -0.15) is 11.8 Å². The number of benzene rings is 1. The minimum atomic E-state index is -0.648. The summed E-state index contributed by atoms with van der Waals surface area (Å²) in [6.45, 7) is 2.93. The normalized spacial score (nSPS) is 14.8. The lowest BCUT2D eigenvalue weighted by atomic mass is 10.1. The Kier molecular flexibility index (Phi) is 6.86. The van der Waals surface area contributed by atoms with Gasteiger partial charge in [0.1, 0.15) is 19.3 Å². The van der Waals surface area contributed by atoms with Gasteiger partial charge in [-0.3, -0.25) is 9.59 Å². The summed E-state index contributed by atoms with van der Waals surface area (Å²) in [6.07, 6.45) is 3.91. The zero-order valence-electron chi connectivity index (χ0n) is 15.9. The molecule has 2 aromatic rings. The molecule has 2 amide bonds. The molecule has 7 nitrogen and oxygen atoms in total. The second-order valence-electron chi connectivity index (χ2n) is 6.42. The van der Waals surface area contributed by atoms with Crippen molar-refractivity contribution in [1.82, 2.24) is 10.6 Å². The van der Waals surface area contributed by atoms with Crippen LogP contribution in [0.5, 0.6) is 11.5 Å². The Hall–Kier alpha value is -2.61. The molecule has 1 aromatic carbocycles. The molecule has 0 aliphatic carbocycles. The minimum Gasteiger partial charge on any atom is -0.486 e. The molecule has 8 heteroatoms. The zero-order valence-corrected chi connectivity index (χ0v) is 16.7. The van der Waals surface area contributed by atoms with Crippen LogP contribution < -0.4 is 20.1 Å². The summed E-state index contributed by atoms with van der Waals surface area (Å²) < 4.78 is 16.2. The van der Waals surface area contributed by atoms with E-state index in [1.54, 1.807) is 23.9 Å². The Morgan fingerprint density at radius 2 is 1.93 bits per heavy atom. The van der Waals surface area contributed by atoms with E-state index in [2.05, 4.69) is 10.6 Å². The van der Waals surface area contributed by atoms with Crippen LogP contribution in [0.2, 0.25) is 0 Å². The summed E-state index contributed by atoms with van der Waals surface area (Å²) in [5, 5.41) is 5.73. The number of nitrogens with one attached hydrogen (secondary N) is 2. The van der Waals surface area contributed by atoms with Crippen molar-refractivity contribution >= 4 is 23.6 Å². The maximum atomic E-state index is 12.8. The Labute approximate surface area is 168 Å². The standard InChI is InChI=1S/C20H24N2O5S/c1-13(14-5-6-16-18(12-14)27-10-9-26-16)21-19(23)15(7-11-28-2)22-20(24)17-4-3-8-25-17/h3-6,8,12-13,15H,7,9-11H2,1-2H3,(H,21,23)(H,22,24). The Bertz CT molecular complexity index is 809. The van der Waals surface area contributed by atoms with Crippen molar-refractivity contribution in [2.24, 2.45) is 0 Å². The molecule has 3 rings (SSSR count). The summed E-state index contributed by atoms with van der Waals surface area (Å²) in [6, 6.07) is 7.92. The summed E-state index contributed by atoms with van der Waals surface area (Å²) in [5.41, 5.74) is 0.901. The molecule has 2 heterocycles.